The van der Waals surface area contributed by atoms with Crippen molar-refractivity contribution in [2.45, 2.75) is 20.3 Å². The number of carbonyl (C=O) groups excluding carboxylic acids is 1. The van der Waals surface area contributed by atoms with Gasteiger partial charge in [-0.1, -0.05) is 32.0 Å². The number of benzene rings is 1. The number of hydrogen-bond donors (Lipinski definition) is 0. The lowest BCUT2D eigenvalue weighted by Crippen LogP contribution is -2.01. The molecule has 0 fully saturated rings. The van der Waals surface area contributed by atoms with Crippen LogP contribution in [0.2, 0.25) is 0 Å². The van der Waals surface area contributed by atoms with Crippen molar-refractivity contribution in [2.24, 2.45) is 5.92 Å². The summed E-state index contributed by atoms with van der Waals surface area (Å²) in [6.45, 7) is 4.37. The first-order valence-corrected chi connectivity index (χ1v) is 8.46. The second kappa shape index (κ2) is 6.33. The molecule has 0 saturated carbocycles. The van der Waals surface area contributed by atoms with Crippen LogP contribution in [0.5, 0.6) is 0 Å². The molecule has 1 nitrogen and oxygen atoms in total. The van der Waals surface area contributed by atoms with Crippen LogP contribution in [0.25, 0.3) is 0 Å². The number of halogens is 2. The topological polar surface area (TPSA) is 17.1 Å². The Morgan fingerprint density at radius 2 is 2.00 bits per heavy atom. The first-order chi connectivity index (χ1) is 8.97. The van der Waals surface area contributed by atoms with E-state index in [0.29, 0.717) is 5.92 Å². The zero-order valence-corrected chi connectivity index (χ0v) is 14.7. The minimum Gasteiger partial charge on any atom is -0.288 e. The van der Waals surface area contributed by atoms with Crippen molar-refractivity contribution in [1.29, 1.82) is 0 Å². The number of thiophene rings is 1. The van der Waals surface area contributed by atoms with Crippen molar-refractivity contribution < 1.29 is 4.79 Å². The Balaban J connectivity index is 2.28. The van der Waals surface area contributed by atoms with Crippen molar-refractivity contribution in [3.05, 3.63) is 54.6 Å². The molecule has 100 valence electrons. The zero-order valence-electron chi connectivity index (χ0n) is 10.7. The fraction of sp³-hybridized carbons (Fsp3) is 0.267. The quantitative estimate of drug-likeness (QED) is 0.600. The second-order valence-corrected chi connectivity index (χ2v) is 8.08. The Bertz CT molecular complexity index is 582. The number of carbonyl (C=O) groups is 1. The molecule has 1 aromatic heterocycles. The predicted molar refractivity (Wildman–Crippen MR) is 88.1 cm³/mol. The third-order valence-corrected chi connectivity index (χ3v) is 5.96. The van der Waals surface area contributed by atoms with Gasteiger partial charge in [0.25, 0.3) is 0 Å². The lowest BCUT2D eigenvalue weighted by atomic mass is 9.99. The van der Waals surface area contributed by atoms with Crippen LogP contribution in [-0.4, -0.2) is 5.78 Å². The van der Waals surface area contributed by atoms with E-state index in [1.807, 2.05) is 24.3 Å². The molecule has 0 unspecified atom stereocenters. The average Bonchev–Trinajstić information content (AvgIpc) is 2.68. The molecule has 2 rings (SSSR count). The van der Waals surface area contributed by atoms with Crippen LogP contribution in [0, 0.1) is 5.92 Å². The lowest BCUT2D eigenvalue weighted by Gasteiger charge is -2.06. The summed E-state index contributed by atoms with van der Waals surface area (Å²) in [6.07, 6.45) is 0.999. The molecular weight excluding hydrogens is 388 g/mol. The molecule has 1 heterocycles. The van der Waals surface area contributed by atoms with Crippen LogP contribution in [0.1, 0.15) is 34.6 Å². The van der Waals surface area contributed by atoms with Gasteiger partial charge in [-0.15, -0.1) is 11.3 Å². The second-order valence-electron chi connectivity index (χ2n) is 4.86. The maximum absolute atomic E-state index is 12.4. The van der Waals surface area contributed by atoms with Gasteiger partial charge < -0.3 is 0 Å². The molecule has 0 saturated heterocycles. The molecule has 0 aliphatic carbocycles. The Hall–Kier alpha value is -0.450. The highest BCUT2D eigenvalue weighted by molar-refractivity contribution is 9.13. The molecule has 0 spiro atoms. The zero-order chi connectivity index (χ0) is 14.0. The highest BCUT2D eigenvalue weighted by atomic mass is 79.9. The smallest absolute Gasteiger partial charge is 0.203 e. The molecule has 2 aromatic rings. The van der Waals surface area contributed by atoms with Gasteiger partial charge in [-0.05, 0) is 61.9 Å². The number of rotatable bonds is 4. The van der Waals surface area contributed by atoms with Gasteiger partial charge >= 0.3 is 0 Å². The molecule has 0 amide bonds. The third-order valence-electron chi connectivity index (χ3n) is 2.70. The predicted octanol–water partition coefficient (Wildman–Crippen LogP) is 5.70. The van der Waals surface area contributed by atoms with E-state index in [1.165, 1.54) is 16.9 Å². The maximum Gasteiger partial charge on any atom is 0.203 e. The summed E-state index contributed by atoms with van der Waals surface area (Å²) in [5.74, 6) is 0.678. The minimum absolute atomic E-state index is 0.0852. The van der Waals surface area contributed by atoms with Crippen LogP contribution < -0.4 is 0 Å². The van der Waals surface area contributed by atoms with Crippen LogP contribution in [0.3, 0.4) is 0 Å². The van der Waals surface area contributed by atoms with Gasteiger partial charge in [0.05, 0.1) is 8.66 Å². The lowest BCUT2D eigenvalue weighted by molar-refractivity contribution is 0.104. The van der Waals surface area contributed by atoms with Gasteiger partial charge in [-0.2, -0.15) is 0 Å². The third kappa shape index (κ3) is 3.77. The molecule has 0 radical (unpaired) electrons. The summed E-state index contributed by atoms with van der Waals surface area (Å²) < 4.78 is 1.88. The highest BCUT2D eigenvalue weighted by Gasteiger charge is 2.14. The summed E-state index contributed by atoms with van der Waals surface area (Å²) in [4.78, 5) is 13.2. The molecule has 0 bridgehead atoms. The van der Waals surface area contributed by atoms with E-state index in [4.69, 9.17) is 0 Å². The van der Waals surface area contributed by atoms with Crippen molar-refractivity contribution in [3.63, 3.8) is 0 Å². The molecule has 0 atom stereocenters. The average molecular weight is 402 g/mol. The van der Waals surface area contributed by atoms with E-state index in [0.717, 1.165) is 25.1 Å². The Morgan fingerprint density at radius 3 is 2.58 bits per heavy atom. The van der Waals surface area contributed by atoms with Crippen LogP contribution in [0.4, 0.5) is 0 Å². The summed E-state index contributed by atoms with van der Waals surface area (Å²) in [5.41, 5.74) is 1.98. The first-order valence-electron chi connectivity index (χ1n) is 6.06. The van der Waals surface area contributed by atoms with Gasteiger partial charge in [0.2, 0.25) is 5.78 Å². The van der Waals surface area contributed by atoms with E-state index < -0.39 is 0 Å². The van der Waals surface area contributed by atoms with Crippen LogP contribution >= 0.6 is 43.2 Å². The highest BCUT2D eigenvalue weighted by Crippen LogP contribution is 2.33. The van der Waals surface area contributed by atoms with Crippen molar-refractivity contribution in [1.82, 2.24) is 0 Å². The monoisotopic (exact) mass is 400 g/mol. The van der Waals surface area contributed by atoms with Crippen LogP contribution in [0.15, 0.2) is 38.6 Å². The van der Waals surface area contributed by atoms with E-state index in [-0.39, 0.29) is 5.78 Å². The molecule has 0 N–H and O–H groups in total. The Labute approximate surface area is 134 Å². The van der Waals surface area contributed by atoms with Gasteiger partial charge in [0, 0.05) is 10.0 Å². The standard InChI is InChI=1S/C15H14Br2OS/c1-9(2)6-10-4-3-5-11(7-10)14(18)13-8-12(16)15(17)19-13/h3-5,7-9H,6H2,1-2H3. The van der Waals surface area contributed by atoms with Crippen molar-refractivity contribution >= 4 is 49.0 Å². The Morgan fingerprint density at radius 1 is 1.26 bits per heavy atom. The van der Waals surface area contributed by atoms with Crippen molar-refractivity contribution in [2.75, 3.05) is 0 Å². The van der Waals surface area contributed by atoms with E-state index >= 15 is 0 Å². The first kappa shape index (κ1) is 14.9. The maximum atomic E-state index is 12.4. The molecule has 1 aromatic carbocycles. The van der Waals surface area contributed by atoms with Gasteiger partial charge in [0.15, 0.2) is 0 Å². The van der Waals surface area contributed by atoms with E-state index in [1.54, 1.807) is 0 Å². The molecule has 19 heavy (non-hydrogen) atoms. The summed E-state index contributed by atoms with van der Waals surface area (Å²) in [6, 6.07) is 9.80. The SMILES string of the molecule is CC(C)Cc1cccc(C(=O)c2cc(Br)c(Br)s2)c1. The Kier molecular flexibility index (Phi) is 4.98. The van der Waals surface area contributed by atoms with Crippen LogP contribution in [-0.2, 0) is 6.42 Å². The van der Waals surface area contributed by atoms with Gasteiger partial charge in [-0.3, -0.25) is 4.79 Å². The fourth-order valence-corrected chi connectivity index (χ4v) is 3.91. The normalized spacial score (nSPS) is 11.0. The number of ketones is 1. The fourth-order valence-electron chi connectivity index (χ4n) is 1.91. The largest absolute Gasteiger partial charge is 0.288 e. The summed E-state index contributed by atoms with van der Waals surface area (Å²) >= 11 is 8.30. The van der Waals surface area contributed by atoms with E-state index in [9.17, 15) is 4.79 Å². The molecule has 0 aliphatic rings. The molecule has 0 aliphatic heterocycles. The van der Waals surface area contributed by atoms with Crippen molar-refractivity contribution in [3.8, 4) is 0 Å². The summed E-state index contributed by atoms with van der Waals surface area (Å²) in [7, 11) is 0. The molecule has 4 heteroatoms. The van der Waals surface area contributed by atoms with Gasteiger partial charge in [-0.25, -0.2) is 0 Å². The molecular formula is C15H14Br2OS. The summed E-state index contributed by atoms with van der Waals surface area (Å²) in [5, 5.41) is 0. The van der Waals surface area contributed by atoms with Gasteiger partial charge in [0.1, 0.15) is 0 Å². The minimum atomic E-state index is 0.0852. The number of hydrogen-bond acceptors (Lipinski definition) is 2. The van der Waals surface area contributed by atoms with E-state index in [2.05, 4.69) is 51.8 Å².